The molecule has 2 aromatic rings. The van der Waals surface area contributed by atoms with Gasteiger partial charge < -0.3 is 5.11 Å². The van der Waals surface area contributed by atoms with E-state index < -0.39 is 10.0 Å². The van der Waals surface area contributed by atoms with Crippen molar-refractivity contribution in [3.8, 4) is 6.07 Å². The molecule has 1 saturated heterocycles. The fraction of sp³-hybridized carbons (Fsp3) is 0.353. The average Bonchev–Trinajstić information content (AvgIpc) is 3.23. The second kappa shape index (κ2) is 6.65. The number of nitriles is 1. The maximum Gasteiger partial charge on any atom is 0.243 e. The molecule has 2 atom stereocenters. The Morgan fingerprint density at radius 1 is 1.38 bits per heavy atom. The van der Waals surface area contributed by atoms with Crippen LogP contribution >= 0.6 is 11.3 Å². The standard InChI is InChI=1S/C17H18N2O3S2/c1-12-6-13(7-18)2-3-17(12)24(21,22)19-8-15(10-20)16(9-19)14-4-5-23-11-14/h2-6,11,15-16,20H,8-10H2,1H3/t15-,16+/m0/s1. The summed E-state index contributed by atoms with van der Waals surface area (Å²) in [5.74, 6) is -0.0947. The molecule has 1 N–H and O–H groups in total. The number of aliphatic hydroxyl groups is 1. The van der Waals surface area contributed by atoms with Crippen molar-refractivity contribution in [3.05, 3.63) is 51.7 Å². The summed E-state index contributed by atoms with van der Waals surface area (Å²) in [5.41, 5.74) is 2.08. The number of sulfonamides is 1. The lowest BCUT2D eigenvalue weighted by atomic mass is 9.92. The first kappa shape index (κ1) is 17.1. The smallest absolute Gasteiger partial charge is 0.243 e. The SMILES string of the molecule is Cc1cc(C#N)ccc1S(=O)(=O)N1C[C@@H](CO)[C@@H](c2ccsc2)C1. The zero-order valence-electron chi connectivity index (χ0n) is 13.2. The van der Waals surface area contributed by atoms with E-state index in [0.717, 1.165) is 5.56 Å². The van der Waals surface area contributed by atoms with Gasteiger partial charge in [0.25, 0.3) is 0 Å². The first-order chi connectivity index (χ1) is 11.5. The van der Waals surface area contributed by atoms with Crippen molar-refractivity contribution in [3.63, 3.8) is 0 Å². The van der Waals surface area contributed by atoms with E-state index in [9.17, 15) is 13.5 Å². The summed E-state index contributed by atoms with van der Waals surface area (Å²) >= 11 is 1.57. The summed E-state index contributed by atoms with van der Waals surface area (Å²) in [6.45, 7) is 2.32. The molecule has 3 rings (SSSR count). The van der Waals surface area contributed by atoms with Crippen molar-refractivity contribution in [1.29, 1.82) is 5.26 Å². The maximum atomic E-state index is 13.0. The molecule has 0 unspecified atom stereocenters. The molecule has 0 amide bonds. The van der Waals surface area contributed by atoms with E-state index in [1.54, 1.807) is 24.3 Å². The minimum absolute atomic E-state index is 0.00899. The summed E-state index contributed by atoms with van der Waals surface area (Å²) < 4.78 is 27.4. The lowest BCUT2D eigenvalue weighted by Crippen LogP contribution is -2.30. The highest BCUT2D eigenvalue weighted by Gasteiger charge is 2.40. The number of aryl methyl sites for hydroxylation is 1. The van der Waals surface area contributed by atoms with Crippen LogP contribution in [0.3, 0.4) is 0 Å². The number of nitrogens with zero attached hydrogens (tertiary/aromatic N) is 2. The molecule has 24 heavy (non-hydrogen) atoms. The topological polar surface area (TPSA) is 81.4 Å². The molecule has 5 nitrogen and oxygen atoms in total. The van der Waals surface area contributed by atoms with Gasteiger partial charge in [-0.05, 0) is 53.1 Å². The normalized spacial score (nSPS) is 21.7. The maximum absolute atomic E-state index is 13.0. The molecule has 1 aliphatic heterocycles. The van der Waals surface area contributed by atoms with Gasteiger partial charge in [0.15, 0.2) is 0 Å². The van der Waals surface area contributed by atoms with Crippen LogP contribution < -0.4 is 0 Å². The van der Waals surface area contributed by atoms with Crippen molar-refractivity contribution >= 4 is 21.4 Å². The first-order valence-electron chi connectivity index (χ1n) is 7.61. The van der Waals surface area contributed by atoms with E-state index in [2.05, 4.69) is 0 Å². The van der Waals surface area contributed by atoms with E-state index in [0.29, 0.717) is 24.2 Å². The Balaban J connectivity index is 1.92. The fourth-order valence-electron chi connectivity index (χ4n) is 3.22. The predicted octanol–water partition coefficient (Wildman–Crippen LogP) is 2.32. The van der Waals surface area contributed by atoms with Crippen LogP contribution in [0, 0.1) is 24.2 Å². The molecule has 126 valence electrons. The molecule has 0 radical (unpaired) electrons. The minimum atomic E-state index is -3.65. The van der Waals surface area contributed by atoms with Gasteiger partial charge in [0, 0.05) is 31.5 Å². The Labute approximate surface area is 145 Å². The Morgan fingerprint density at radius 3 is 2.75 bits per heavy atom. The molecule has 0 aliphatic carbocycles. The number of aliphatic hydroxyl groups excluding tert-OH is 1. The van der Waals surface area contributed by atoms with Crippen LogP contribution in [0.2, 0.25) is 0 Å². The summed E-state index contributed by atoms with van der Waals surface area (Å²) in [4.78, 5) is 0.226. The third-order valence-electron chi connectivity index (χ3n) is 4.54. The molecular weight excluding hydrogens is 344 g/mol. The van der Waals surface area contributed by atoms with Gasteiger partial charge in [0.05, 0.1) is 16.5 Å². The van der Waals surface area contributed by atoms with E-state index in [1.165, 1.54) is 16.4 Å². The third kappa shape index (κ3) is 2.98. The molecule has 0 saturated carbocycles. The van der Waals surface area contributed by atoms with Crippen molar-refractivity contribution in [2.24, 2.45) is 5.92 Å². The van der Waals surface area contributed by atoms with Gasteiger partial charge in [-0.15, -0.1) is 0 Å². The van der Waals surface area contributed by atoms with Gasteiger partial charge in [-0.3, -0.25) is 0 Å². The number of hydrogen-bond donors (Lipinski definition) is 1. The molecule has 7 heteroatoms. The van der Waals surface area contributed by atoms with Crippen LogP contribution in [-0.2, 0) is 10.0 Å². The second-order valence-electron chi connectivity index (χ2n) is 6.02. The lowest BCUT2D eigenvalue weighted by molar-refractivity contribution is 0.223. The number of hydrogen-bond acceptors (Lipinski definition) is 5. The fourth-order valence-corrected chi connectivity index (χ4v) is 5.68. The number of thiophene rings is 1. The van der Waals surface area contributed by atoms with Crippen molar-refractivity contribution in [2.75, 3.05) is 19.7 Å². The van der Waals surface area contributed by atoms with Gasteiger partial charge in [-0.1, -0.05) is 0 Å². The monoisotopic (exact) mass is 362 g/mol. The van der Waals surface area contributed by atoms with Crippen LogP contribution in [0.4, 0.5) is 0 Å². The Hall–Kier alpha value is -1.72. The summed E-state index contributed by atoms with van der Waals surface area (Å²) in [7, 11) is -3.65. The highest BCUT2D eigenvalue weighted by Crippen LogP contribution is 2.36. The molecule has 2 heterocycles. The molecule has 1 aromatic carbocycles. The van der Waals surface area contributed by atoms with Crippen LogP contribution in [0.15, 0.2) is 39.9 Å². The summed E-state index contributed by atoms with van der Waals surface area (Å²) in [5, 5.41) is 22.6. The Bertz CT molecular complexity index is 870. The summed E-state index contributed by atoms with van der Waals surface area (Å²) in [6.07, 6.45) is 0. The highest BCUT2D eigenvalue weighted by molar-refractivity contribution is 7.89. The van der Waals surface area contributed by atoms with Crippen molar-refractivity contribution < 1.29 is 13.5 Å². The minimum Gasteiger partial charge on any atom is -0.396 e. The van der Waals surface area contributed by atoms with Gasteiger partial charge in [0.1, 0.15) is 0 Å². The molecular formula is C17H18N2O3S2. The zero-order valence-corrected chi connectivity index (χ0v) is 14.8. The van der Waals surface area contributed by atoms with Crippen LogP contribution in [0.25, 0.3) is 0 Å². The molecule has 0 spiro atoms. The molecule has 1 aliphatic rings. The van der Waals surface area contributed by atoms with Crippen molar-refractivity contribution in [2.45, 2.75) is 17.7 Å². The summed E-state index contributed by atoms with van der Waals surface area (Å²) in [6, 6.07) is 8.61. The van der Waals surface area contributed by atoms with Crippen LogP contribution in [0.5, 0.6) is 0 Å². The average molecular weight is 362 g/mol. The second-order valence-corrected chi connectivity index (χ2v) is 8.71. The van der Waals surface area contributed by atoms with Gasteiger partial charge in [-0.25, -0.2) is 8.42 Å². The van der Waals surface area contributed by atoms with E-state index in [1.807, 2.05) is 22.9 Å². The zero-order chi connectivity index (χ0) is 17.3. The number of benzene rings is 1. The molecule has 0 bridgehead atoms. The van der Waals surface area contributed by atoms with Gasteiger partial charge in [0.2, 0.25) is 10.0 Å². The van der Waals surface area contributed by atoms with Crippen LogP contribution in [0.1, 0.15) is 22.6 Å². The largest absolute Gasteiger partial charge is 0.396 e. The Morgan fingerprint density at radius 2 is 2.17 bits per heavy atom. The quantitative estimate of drug-likeness (QED) is 0.905. The lowest BCUT2D eigenvalue weighted by Gasteiger charge is -2.18. The number of rotatable bonds is 4. The van der Waals surface area contributed by atoms with Crippen LogP contribution in [-0.4, -0.2) is 37.5 Å². The highest BCUT2D eigenvalue weighted by atomic mass is 32.2. The molecule has 1 fully saturated rings. The first-order valence-corrected chi connectivity index (χ1v) is 9.99. The third-order valence-corrected chi connectivity index (χ3v) is 7.23. The molecule has 1 aromatic heterocycles. The predicted molar refractivity (Wildman–Crippen MR) is 92.3 cm³/mol. The Kier molecular flexibility index (Phi) is 4.74. The van der Waals surface area contributed by atoms with Gasteiger partial charge >= 0.3 is 0 Å². The van der Waals surface area contributed by atoms with E-state index >= 15 is 0 Å². The van der Waals surface area contributed by atoms with E-state index in [-0.39, 0.29) is 23.3 Å². The van der Waals surface area contributed by atoms with Crippen molar-refractivity contribution in [1.82, 2.24) is 4.31 Å². The van der Waals surface area contributed by atoms with Gasteiger partial charge in [-0.2, -0.15) is 20.9 Å². The van der Waals surface area contributed by atoms with E-state index in [4.69, 9.17) is 5.26 Å².